The van der Waals surface area contributed by atoms with Gasteiger partial charge in [-0.3, -0.25) is 9.59 Å². The third-order valence-electron chi connectivity index (χ3n) is 5.61. The van der Waals surface area contributed by atoms with Crippen LogP contribution in [-0.2, 0) is 28.3 Å². The molecule has 0 saturated heterocycles. The van der Waals surface area contributed by atoms with Crippen molar-refractivity contribution in [1.29, 1.82) is 0 Å². The predicted molar refractivity (Wildman–Crippen MR) is 151 cm³/mol. The molecule has 0 radical (unpaired) electrons. The van der Waals surface area contributed by atoms with E-state index < -0.39 is 11.6 Å². The molecule has 0 bridgehead atoms. The van der Waals surface area contributed by atoms with Gasteiger partial charge in [0.2, 0.25) is 11.8 Å². The van der Waals surface area contributed by atoms with Crippen LogP contribution in [0.1, 0.15) is 43.0 Å². The topological polar surface area (TPSA) is 49.4 Å². The van der Waals surface area contributed by atoms with E-state index in [9.17, 15) is 9.59 Å². The molecule has 3 aromatic carbocycles. The number of halogens is 1. The molecule has 190 valence electrons. The maximum Gasteiger partial charge on any atom is 0.243 e. The largest absolute Gasteiger partial charge is 0.350 e. The molecule has 0 aromatic heterocycles. The average molecular weight is 523 g/mol. The second kappa shape index (κ2) is 13.0. The summed E-state index contributed by atoms with van der Waals surface area (Å²) in [4.78, 5) is 28.9. The van der Waals surface area contributed by atoms with Crippen molar-refractivity contribution in [1.82, 2.24) is 10.2 Å². The van der Waals surface area contributed by atoms with Crippen LogP contribution in [-0.4, -0.2) is 34.0 Å². The van der Waals surface area contributed by atoms with Gasteiger partial charge >= 0.3 is 0 Å². The monoisotopic (exact) mass is 522 g/mol. The molecule has 0 fully saturated rings. The van der Waals surface area contributed by atoms with Gasteiger partial charge in [-0.25, -0.2) is 0 Å². The van der Waals surface area contributed by atoms with Crippen LogP contribution in [0.4, 0.5) is 0 Å². The van der Waals surface area contributed by atoms with E-state index in [2.05, 4.69) is 30.4 Å². The molecular weight excluding hydrogens is 488 g/mol. The zero-order valence-corrected chi connectivity index (χ0v) is 23.0. The van der Waals surface area contributed by atoms with Crippen LogP contribution in [0.25, 0.3) is 0 Å². The second-order valence-electron chi connectivity index (χ2n) is 10.1. The Labute approximate surface area is 224 Å². The van der Waals surface area contributed by atoms with E-state index in [0.717, 1.165) is 16.9 Å². The Hall–Kier alpha value is -2.76. The summed E-state index contributed by atoms with van der Waals surface area (Å²) in [5.74, 6) is 0.806. The highest BCUT2D eigenvalue weighted by molar-refractivity contribution is 7.99. The molecule has 1 atom stereocenters. The van der Waals surface area contributed by atoms with E-state index in [1.807, 2.05) is 81.4 Å². The smallest absolute Gasteiger partial charge is 0.243 e. The molecule has 0 saturated carbocycles. The van der Waals surface area contributed by atoms with Crippen LogP contribution in [0.15, 0.2) is 78.9 Å². The summed E-state index contributed by atoms with van der Waals surface area (Å²) in [5, 5.41) is 3.73. The molecule has 6 heteroatoms. The molecular formula is C30H35ClN2O2S. The van der Waals surface area contributed by atoms with Gasteiger partial charge in [0, 0.05) is 29.3 Å². The maximum absolute atomic E-state index is 13.7. The van der Waals surface area contributed by atoms with Crippen molar-refractivity contribution in [2.75, 3.05) is 5.75 Å². The molecule has 2 amide bonds. The Morgan fingerprint density at radius 1 is 0.917 bits per heavy atom. The van der Waals surface area contributed by atoms with Crippen molar-refractivity contribution in [3.63, 3.8) is 0 Å². The molecule has 0 spiro atoms. The zero-order valence-electron chi connectivity index (χ0n) is 21.5. The lowest BCUT2D eigenvalue weighted by molar-refractivity contribution is -0.140. The Bertz CT molecular complexity index is 1140. The number of nitrogens with zero attached hydrogens (tertiary/aromatic N) is 1. The quantitative estimate of drug-likeness (QED) is 0.333. The molecule has 0 heterocycles. The van der Waals surface area contributed by atoms with Crippen LogP contribution >= 0.6 is 23.4 Å². The highest BCUT2D eigenvalue weighted by Gasteiger charge is 2.32. The summed E-state index contributed by atoms with van der Waals surface area (Å²) in [6.45, 7) is 8.25. The molecule has 0 aliphatic carbocycles. The number of benzene rings is 3. The number of carbonyl (C=O) groups is 2. The molecule has 3 aromatic rings. The maximum atomic E-state index is 13.7. The minimum atomic E-state index is -0.644. The number of thioether (sulfide) groups is 1. The fourth-order valence-electron chi connectivity index (χ4n) is 3.93. The second-order valence-corrected chi connectivity index (χ2v) is 11.5. The number of carbonyl (C=O) groups excluding carboxylic acids is 2. The number of hydrogen-bond donors (Lipinski definition) is 1. The van der Waals surface area contributed by atoms with Crippen molar-refractivity contribution >= 4 is 35.2 Å². The number of amides is 2. The molecule has 0 unspecified atom stereocenters. The molecule has 0 aliphatic rings. The van der Waals surface area contributed by atoms with E-state index in [0.29, 0.717) is 18.0 Å². The zero-order chi connectivity index (χ0) is 26.1. The highest BCUT2D eigenvalue weighted by atomic mass is 35.5. The SMILES string of the molecule is Cc1cccc(CSCC(=O)N(Cc2ccc(Cl)cc2)[C@@H](Cc2ccccc2)C(=O)NC(C)(C)C)c1. The standard InChI is InChI=1S/C30H35ClN2O2S/c1-22-9-8-12-25(17-22)20-36-21-28(34)33(19-24-13-15-26(31)16-14-24)27(29(35)32-30(2,3)4)18-23-10-6-5-7-11-23/h5-17,27H,18-21H2,1-4H3,(H,32,35)/t27-/m0/s1. The minimum absolute atomic E-state index is 0.0624. The van der Waals surface area contributed by atoms with E-state index in [-0.39, 0.29) is 17.6 Å². The van der Waals surface area contributed by atoms with Gasteiger partial charge in [-0.2, -0.15) is 0 Å². The van der Waals surface area contributed by atoms with Gasteiger partial charge in [0.25, 0.3) is 0 Å². The Kier molecular flexibility index (Phi) is 10.0. The molecule has 1 N–H and O–H groups in total. The molecule has 4 nitrogen and oxygen atoms in total. The first-order valence-electron chi connectivity index (χ1n) is 12.1. The number of aryl methyl sites for hydroxylation is 1. The summed E-state index contributed by atoms with van der Waals surface area (Å²) in [6, 6.07) is 25.0. The van der Waals surface area contributed by atoms with Gasteiger partial charge < -0.3 is 10.2 Å². The lowest BCUT2D eigenvalue weighted by Crippen LogP contribution is -2.54. The van der Waals surface area contributed by atoms with E-state index >= 15 is 0 Å². The van der Waals surface area contributed by atoms with E-state index in [1.165, 1.54) is 11.1 Å². The number of rotatable bonds is 10. The fourth-order valence-corrected chi connectivity index (χ4v) is 4.92. The minimum Gasteiger partial charge on any atom is -0.350 e. The first-order valence-corrected chi connectivity index (χ1v) is 13.7. The molecule has 0 aliphatic heterocycles. The van der Waals surface area contributed by atoms with Crippen LogP contribution in [0, 0.1) is 6.92 Å². The summed E-state index contributed by atoms with van der Waals surface area (Å²) in [5.41, 5.74) is 3.90. The summed E-state index contributed by atoms with van der Waals surface area (Å²) < 4.78 is 0. The Morgan fingerprint density at radius 2 is 1.58 bits per heavy atom. The highest BCUT2D eigenvalue weighted by Crippen LogP contribution is 2.20. The predicted octanol–water partition coefficient (Wildman–Crippen LogP) is 6.44. The van der Waals surface area contributed by atoms with Crippen LogP contribution in [0.2, 0.25) is 5.02 Å². The third-order valence-corrected chi connectivity index (χ3v) is 6.85. The van der Waals surface area contributed by atoms with Crippen LogP contribution < -0.4 is 5.32 Å². The third kappa shape index (κ3) is 9.03. The summed E-state index contributed by atoms with van der Waals surface area (Å²) in [7, 11) is 0. The van der Waals surface area contributed by atoms with Crippen molar-refractivity contribution < 1.29 is 9.59 Å². The lowest BCUT2D eigenvalue weighted by atomic mass is 10.0. The van der Waals surface area contributed by atoms with E-state index in [4.69, 9.17) is 11.6 Å². The van der Waals surface area contributed by atoms with Gasteiger partial charge in [-0.15, -0.1) is 11.8 Å². The van der Waals surface area contributed by atoms with Gasteiger partial charge in [-0.05, 0) is 56.5 Å². The number of nitrogens with one attached hydrogen (secondary N) is 1. The lowest BCUT2D eigenvalue weighted by Gasteiger charge is -2.34. The first kappa shape index (κ1) is 27.8. The fraction of sp³-hybridized carbons (Fsp3) is 0.333. The Balaban J connectivity index is 1.86. The van der Waals surface area contributed by atoms with Crippen molar-refractivity contribution in [2.45, 2.75) is 58.0 Å². The van der Waals surface area contributed by atoms with Gasteiger partial charge in [-0.1, -0.05) is 83.9 Å². The van der Waals surface area contributed by atoms with Gasteiger partial charge in [0.05, 0.1) is 5.75 Å². The summed E-state index contributed by atoms with van der Waals surface area (Å²) in [6.07, 6.45) is 0.435. The van der Waals surface area contributed by atoms with E-state index in [1.54, 1.807) is 16.7 Å². The average Bonchev–Trinajstić information content (AvgIpc) is 2.82. The van der Waals surface area contributed by atoms with Crippen molar-refractivity contribution in [3.8, 4) is 0 Å². The molecule has 3 rings (SSSR count). The van der Waals surface area contributed by atoms with Gasteiger partial charge in [0.15, 0.2) is 0 Å². The normalized spacial score (nSPS) is 12.1. The molecule has 36 heavy (non-hydrogen) atoms. The summed E-state index contributed by atoms with van der Waals surface area (Å²) >= 11 is 7.66. The van der Waals surface area contributed by atoms with Crippen LogP contribution in [0.3, 0.4) is 0 Å². The van der Waals surface area contributed by atoms with Crippen molar-refractivity contribution in [3.05, 3.63) is 106 Å². The van der Waals surface area contributed by atoms with Crippen molar-refractivity contribution in [2.24, 2.45) is 0 Å². The van der Waals surface area contributed by atoms with Crippen LogP contribution in [0.5, 0.6) is 0 Å². The first-order chi connectivity index (χ1) is 17.1. The number of hydrogen-bond acceptors (Lipinski definition) is 3. The Morgan fingerprint density at radius 3 is 2.22 bits per heavy atom. The van der Waals surface area contributed by atoms with Gasteiger partial charge in [0.1, 0.15) is 6.04 Å².